The lowest BCUT2D eigenvalue weighted by molar-refractivity contribution is -0.137. The van der Waals surface area contributed by atoms with E-state index in [1.165, 1.54) is 12.1 Å². The van der Waals surface area contributed by atoms with Crippen molar-refractivity contribution in [2.24, 2.45) is 0 Å². The van der Waals surface area contributed by atoms with Gasteiger partial charge in [0.1, 0.15) is 5.60 Å². The average Bonchev–Trinajstić information content (AvgIpc) is 2.91. The molecule has 204 valence electrons. The molecule has 0 fully saturated rings. The van der Waals surface area contributed by atoms with E-state index in [4.69, 9.17) is 4.74 Å². The van der Waals surface area contributed by atoms with Crippen LogP contribution in [0.15, 0.2) is 78.6 Å². The van der Waals surface area contributed by atoms with Crippen LogP contribution in [0.4, 0.5) is 13.2 Å². The Morgan fingerprint density at radius 2 is 1.65 bits per heavy atom. The standard InChI is InChI=1S/C19H13F3O.C13H14N2O2/c20-19(21,22)12-6-4-11-5-7-14-13-2-1-3-18(23)16(13)9-8-15(14)17(11)10-12;1-13(2,3)17-12(16)10-6-4-5-9-7-14-15-8-11(9)10/h1-2,4-7,10H,3,8-9H2;4-8H,1-3H3. The predicted molar refractivity (Wildman–Crippen MR) is 148 cm³/mol. The quantitative estimate of drug-likeness (QED) is 0.230. The number of fused-ring (bicyclic) bond motifs is 5. The Labute approximate surface area is 229 Å². The number of rotatable bonds is 1. The van der Waals surface area contributed by atoms with Crippen molar-refractivity contribution >= 4 is 38.9 Å². The van der Waals surface area contributed by atoms with Crippen LogP contribution in [0.5, 0.6) is 0 Å². The van der Waals surface area contributed by atoms with Gasteiger partial charge in [-0.05, 0) is 79.3 Å². The lowest BCUT2D eigenvalue weighted by atomic mass is 9.79. The van der Waals surface area contributed by atoms with Gasteiger partial charge in [0.05, 0.1) is 23.5 Å². The molecule has 1 aromatic heterocycles. The summed E-state index contributed by atoms with van der Waals surface area (Å²) >= 11 is 0. The molecule has 0 amide bonds. The van der Waals surface area contributed by atoms with E-state index in [-0.39, 0.29) is 11.8 Å². The number of aromatic nitrogens is 2. The zero-order valence-electron chi connectivity index (χ0n) is 22.3. The van der Waals surface area contributed by atoms with E-state index >= 15 is 0 Å². The van der Waals surface area contributed by atoms with Crippen LogP contribution in [0.1, 0.15) is 60.7 Å². The van der Waals surface area contributed by atoms with Gasteiger partial charge < -0.3 is 4.74 Å². The van der Waals surface area contributed by atoms with Crippen molar-refractivity contribution in [2.45, 2.75) is 51.8 Å². The minimum atomic E-state index is -4.35. The molecule has 6 rings (SSSR count). The first-order chi connectivity index (χ1) is 18.9. The Hall–Kier alpha value is -4.33. The number of hydrogen-bond acceptors (Lipinski definition) is 5. The Kier molecular flexibility index (Phi) is 7.04. The normalized spacial score (nSPS) is 14.9. The second-order valence-electron chi connectivity index (χ2n) is 10.7. The molecule has 0 saturated carbocycles. The van der Waals surface area contributed by atoms with Gasteiger partial charge in [0.2, 0.25) is 0 Å². The fourth-order valence-electron chi connectivity index (χ4n) is 5.05. The van der Waals surface area contributed by atoms with Gasteiger partial charge in [-0.2, -0.15) is 23.4 Å². The Morgan fingerprint density at radius 1 is 0.900 bits per heavy atom. The summed E-state index contributed by atoms with van der Waals surface area (Å²) in [5.41, 5.74) is 2.88. The van der Waals surface area contributed by atoms with Crippen LogP contribution < -0.4 is 0 Å². The summed E-state index contributed by atoms with van der Waals surface area (Å²) in [4.78, 5) is 24.0. The van der Waals surface area contributed by atoms with Gasteiger partial charge in [-0.25, -0.2) is 4.79 Å². The first kappa shape index (κ1) is 27.2. The summed E-state index contributed by atoms with van der Waals surface area (Å²) in [5.74, 6) is -0.214. The number of benzene rings is 3. The molecule has 2 aliphatic rings. The van der Waals surface area contributed by atoms with Crippen molar-refractivity contribution in [3.8, 4) is 0 Å². The van der Waals surface area contributed by atoms with E-state index in [9.17, 15) is 22.8 Å². The van der Waals surface area contributed by atoms with Crippen LogP contribution in [0, 0.1) is 0 Å². The highest BCUT2D eigenvalue weighted by Crippen LogP contribution is 2.40. The molecule has 4 aromatic rings. The molecule has 5 nitrogen and oxygen atoms in total. The first-order valence-corrected chi connectivity index (χ1v) is 12.9. The summed E-state index contributed by atoms with van der Waals surface area (Å²) in [5, 5.41) is 10.7. The molecule has 0 radical (unpaired) electrons. The zero-order valence-corrected chi connectivity index (χ0v) is 22.3. The fourth-order valence-corrected chi connectivity index (χ4v) is 5.05. The molecule has 1 heterocycles. The molecule has 0 unspecified atom stereocenters. The lowest BCUT2D eigenvalue weighted by Gasteiger charge is -2.24. The first-order valence-electron chi connectivity index (χ1n) is 12.9. The number of aryl methyl sites for hydroxylation is 1. The Morgan fingerprint density at radius 3 is 2.40 bits per heavy atom. The number of carbonyl (C=O) groups is 2. The molecule has 2 aliphatic carbocycles. The number of nitrogens with zero attached hydrogens (tertiary/aromatic N) is 2. The van der Waals surface area contributed by atoms with E-state index in [1.54, 1.807) is 18.5 Å². The van der Waals surface area contributed by atoms with Crippen LogP contribution in [-0.4, -0.2) is 27.6 Å². The molecular weight excluding hydrogens is 517 g/mol. The molecule has 0 N–H and O–H groups in total. The highest BCUT2D eigenvalue weighted by Gasteiger charge is 2.31. The van der Waals surface area contributed by atoms with Crippen LogP contribution in [-0.2, 0) is 22.1 Å². The predicted octanol–water partition coefficient (Wildman–Crippen LogP) is 7.67. The van der Waals surface area contributed by atoms with Gasteiger partial charge in [0, 0.05) is 22.8 Å². The minimum absolute atomic E-state index is 0.122. The van der Waals surface area contributed by atoms with E-state index in [0.29, 0.717) is 30.2 Å². The highest BCUT2D eigenvalue weighted by atomic mass is 19.4. The third-order valence-electron chi connectivity index (χ3n) is 6.83. The monoisotopic (exact) mass is 544 g/mol. The molecule has 0 atom stereocenters. The second kappa shape index (κ2) is 10.3. The van der Waals surface area contributed by atoms with Crippen molar-refractivity contribution in [1.29, 1.82) is 0 Å². The van der Waals surface area contributed by atoms with Gasteiger partial charge in [-0.3, -0.25) is 4.79 Å². The number of alkyl halides is 3. The molecular formula is C32H27F3N2O3. The minimum Gasteiger partial charge on any atom is -0.456 e. The van der Waals surface area contributed by atoms with E-state index in [2.05, 4.69) is 10.2 Å². The molecule has 0 spiro atoms. The lowest BCUT2D eigenvalue weighted by Crippen LogP contribution is -2.24. The maximum atomic E-state index is 13.0. The Bertz CT molecular complexity index is 1710. The molecule has 0 bridgehead atoms. The number of ether oxygens (including phenoxy) is 1. The highest BCUT2D eigenvalue weighted by molar-refractivity contribution is 6.09. The maximum absolute atomic E-state index is 13.0. The molecule has 8 heteroatoms. The molecule has 3 aromatic carbocycles. The molecule has 40 heavy (non-hydrogen) atoms. The number of allylic oxidation sites excluding steroid dienone is 4. The van der Waals surface area contributed by atoms with Crippen LogP contribution in [0.3, 0.4) is 0 Å². The largest absolute Gasteiger partial charge is 0.456 e. The van der Waals surface area contributed by atoms with Crippen molar-refractivity contribution in [1.82, 2.24) is 10.2 Å². The summed E-state index contributed by atoms with van der Waals surface area (Å²) < 4.78 is 44.4. The number of hydrogen-bond donors (Lipinski definition) is 0. The number of carbonyl (C=O) groups excluding carboxylic acids is 2. The van der Waals surface area contributed by atoms with Gasteiger partial charge in [-0.15, -0.1) is 0 Å². The molecule has 0 aliphatic heterocycles. The van der Waals surface area contributed by atoms with Crippen LogP contribution in [0.2, 0.25) is 0 Å². The smallest absolute Gasteiger partial charge is 0.416 e. The summed E-state index contributed by atoms with van der Waals surface area (Å²) in [7, 11) is 0. The summed E-state index contributed by atoms with van der Waals surface area (Å²) in [6.45, 7) is 5.53. The third kappa shape index (κ3) is 5.52. The topological polar surface area (TPSA) is 69.2 Å². The zero-order chi connectivity index (χ0) is 28.7. The van der Waals surface area contributed by atoms with Gasteiger partial charge in [-0.1, -0.05) is 42.5 Å². The Balaban J connectivity index is 0.000000170. The number of halogens is 3. The number of Topliss-reactive ketones (excluding diaryl/α,β-unsaturated/α-hetero) is 1. The average molecular weight is 545 g/mol. The van der Waals surface area contributed by atoms with Crippen LogP contribution in [0.25, 0.3) is 27.1 Å². The van der Waals surface area contributed by atoms with Gasteiger partial charge in [0.25, 0.3) is 0 Å². The van der Waals surface area contributed by atoms with E-state index in [0.717, 1.165) is 44.5 Å². The van der Waals surface area contributed by atoms with Crippen molar-refractivity contribution in [2.75, 3.05) is 0 Å². The number of ketones is 1. The fraction of sp³-hybridized carbons (Fsp3) is 0.250. The molecule has 0 saturated heterocycles. The van der Waals surface area contributed by atoms with E-state index in [1.807, 2.05) is 57.2 Å². The summed E-state index contributed by atoms with van der Waals surface area (Å²) in [6.07, 6.45) is 4.22. The van der Waals surface area contributed by atoms with Gasteiger partial charge >= 0.3 is 12.1 Å². The second-order valence-corrected chi connectivity index (χ2v) is 10.7. The third-order valence-corrected chi connectivity index (χ3v) is 6.83. The van der Waals surface area contributed by atoms with E-state index < -0.39 is 17.3 Å². The maximum Gasteiger partial charge on any atom is 0.416 e. The van der Waals surface area contributed by atoms with Crippen molar-refractivity contribution in [3.63, 3.8) is 0 Å². The van der Waals surface area contributed by atoms with Crippen LogP contribution >= 0.6 is 0 Å². The SMILES string of the molecule is CC(C)(C)OC(=O)c1cccc2cnncc12.O=C1CC=CC2=C1CCc1c2ccc2ccc(C(F)(F)F)cc12. The van der Waals surface area contributed by atoms with Crippen molar-refractivity contribution < 1.29 is 27.5 Å². The van der Waals surface area contributed by atoms with Crippen molar-refractivity contribution in [3.05, 3.63) is 101 Å². The number of esters is 1. The van der Waals surface area contributed by atoms with Gasteiger partial charge in [0.15, 0.2) is 5.78 Å². The summed E-state index contributed by atoms with van der Waals surface area (Å²) in [6, 6.07) is 13.0.